The minimum Gasteiger partial charge on any atom is -0.348 e. The summed E-state index contributed by atoms with van der Waals surface area (Å²) in [4.78, 5) is 28.2. The van der Waals surface area contributed by atoms with Crippen LogP contribution >= 0.6 is 0 Å². The second-order valence-corrected chi connectivity index (χ2v) is 5.67. The van der Waals surface area contributed by atoms with E-state index in [-0.39, 0.29) is 11.5 Å². The number of amides is 2. The van der Waals surface area contributed by atoms with Gasteiger partial charge in [0.15, 0.2) is 0 Å². The van der Waals surface area contributed by atoms with Crippen LogP contribution in [-0.2, 0) is 6.54 Å². The van der Waals surface area contributed by atoms with Gasteiger partial charge in [0.25, 0.3) is 11.8 Å². The molecule has 0 saturated heterocycles. The molecule has 0 saturated carbocycles. The molecule has 2 amide bonds. The lowest BCUT2D eigenvalue weighted by atomic mass is 10.1. The Kier molecular flexibility index (Phi) is 5.51. The van der Waals surface area contributed by atoms with Gasteiger partial charge in [-0.2, -0.15) is 0 Å². The number of carbonyl (C=O) groups is 2. The highest BCUT2D eigenvalue weighted by Gasteiger charge is 2.14. The molecule has 0 aliphatic heterocycles. The van der Waals surface area contributed by atoms with Gasteiger partial charge in [-0.15, -0.1) is 0 Å². The van der Waals surface area contributed by atoms with E-state index in [0.717, 1.165) is 17.7 Å². The van der Waals surface area contributed by atoms with Crippen molar-refractivity contribution in [2.45, 2.75) is 6.54 Å². The number of hydrogen-bond acceptors (Lipinski definition) is 3. The second kappa shape index (κ2) is 8.18. The maximum atomic E-state index is 13.6. The predicted molar refractivity (Wildman–Crippen MR) is 96.2 cm³/mol. The molecule has 0 aliphatic carbocycles. The maximum Gasteiger partial charge on any atom is 0.255 e. The summed E-state index contributed by atoms with van der Waals surface area (Å²) >= 11 is 0. The van der Waals surface area contributed by atoms with Gasteiger partial charge in [0.1, 0.15) is 17.3 Å². The molecule has 2 N–H and O–H groups in total. The van der Waals surface area contributed by atoms with Crippen molar-refractivity contribution in [3.8, 4) is 0 Å². The highest BCUT2D eigenvalue weighted by Crippen LogP contribution is 2.19. The second-order valence-electron chi connectivity index (χ2n) is 5.67. The van der Waals surface area contributed by atoms with Crippen molar-refractivity contribution in [3.63, 3.8) is 0 Å². The van der Waals surface area contributed by atoms with E-state index in [2.05, 4.69) is 15.6 Å². The van der Waals surface area contributed by atoms with Crippen molar-refractivity contribution in [1.82, 2.24) is 10.3 Å². The molecule has 3 rings (SSSR count). The summed E-state index contributed by atoms with van der Waals surface area (Å²) in [5, 5.41) is 4.95. The van der Waals surface area contributed by atoms with Gasteiger partial charge in [-0.25, -0.2) is 8.78 Å². The van der Waals surface area contributed by atoms with Crippen molar-refractivity contribution in [2.75, 3.05) is 5.32 Å². The Balaban J connectivity index is 1.64. The zero-order valence-electron chi connectivity index (χ0n) is 14.1. The monoisotopic (exact) mass is 367 g/mol. The van der Waals surface area contributed by atoms with Gasteiger partial charge in [-0.05, 0) is 54.1 Å². The molecule has 27 heavy (non-hydrogen) atoms. The first-order chi connectivity index (χ1) is 13.0. The third-order valence-electron chi connectivity index (χ3n) is 3.81. The number of carbonyl (C=O) groups excluding carboxylic acids is 2. The molecule has 1 aromatic heterocycles. The van der Waals surface area contributed by atoms with Crippen molar-refractivity contribution in [3.05, 3.63) is 95.3 Å². The van der Waals surface area contributed by atoms with E-state index in [4.69, 9.17) is 0 Å². The normalized spacial score (nSPS) is 10.3. The first kappa shape index (κ1) is 18.2. The fraction of sp³-hybridized carbons (Fsp3) is 0.0500. The molecule has 7 heteroatoms. The molecular formula is C20H15F2N3O2. The average Bonchev–Trinajstić information content (AvgIpc) is 2.70. The fourth-order valence-electron chi connectivity index (χ4n) is 2.36. The summed E-state index contributed by atoms with van der Waals surface area (Å²) in [7, 11) is 0. The molecule has 0 fully saturated rings. The number of pyridine rings is 1. The lowest BCUT2D eigenvalue weighted by Crippen LogP contribution is -2.23. The number of aromatic nitrogens is 1. The Labute approximate surface area is 154 Å². The van der Waals surface area contributed by atoms with Crippen LogP contribution in [0, 0.1) is 11.6 Å². The maximum absolute atomic E-state index is 13.6. The number of nitrogens with zero attached hydrogens (tertiary/aromatic N) is 1. The van der Waals surface area contributed by atoms with Gasteiger partial charge in [-0.3, -0.25) is 14.6 Å². The van der Waals surface area contributed by atoms with Crippen LogP contribution in [0.25, 0.3) is 0 Å². The molecule has 5 nitrogen and oxygen atoms in total. The lowest BCUT2D eigenvalue weighted by molar-refractivity contribution is 0.0949. The summed E-state index contributed by atoms with van der Waals surface area (Å²) in [5.74, 6) is -2.72. The van der Waals surface area contributed by atoms with Crippen LogP contribution in [0.3, 0.4) is 0 Å². The molecule has 1 heterocycles. The molecule has 3 aromatic rings. The summed E-state index contributed by atoms with van der Waals surface area (Å²) in [6, 6.07) is 12.6. The molecule has 2 aromatic carbocycles. The number of halogens is 2. The fourth-order valence-corrected chi connectivity index (χ4v) is 2.36. The molecule has 0 bridgehead atoms. The smallest absolute Gasteiger partial charge is 0.255 e. The van der Waals surface area contributed by atoms with E-state index < -0.39 is 23.2 Å². The average molecular weight is 367 g/mol. The summed E-state index contributed by atoms with van der Waals surface area (Å²) in [5.41, 5.74) is 0.920. The lowest BCUT2D eigenvalue weighted by Gasteiger charge is -2.08. The van der Waals surface area contributed by atoms with E-state index in [9.17, 15) is 18.4 Å². The summed E-state index contributed by atoms with van der Waals surface area (Å²) < 4.78 is 27.2. The Bertz CT molecular complexity index is 940. The molecule has 136 valence electrons. The van der Waals surface area contributed by atoms with Crippen molar-refractivity contribution in [2.24, 2.45) is 0 Å². The van der Waals surface area contributed by atoms with Crippen molar-refractivity contribution < 1.29 is 18.4 Å². The first-order valence-corrected chi connectivity index (χ1v) is 8.07. The zero-order valence-corrected chi connectivity index (χ0v) is 14.1. The van der Waals surface area contributed by atoms with E-state index in [1.54, 1.807) is 24.5 Å². The predicted octanol–water partition coefficient (Wildman–Crippen LogP) is 3.54. The van der Waals surface area contributed by atoms with Gasteiger partial charge in [0, 0.05) is 30.1 Å². The third kappa shape index (κ3) is 4.52. The molecule has 0 unspecified atom stereocenters. The van der Waals surface area contributed by atoms with Gasteiger partial charge in [0.2, 0.25) is 0 Å². The van der Waals surface area contributed by atoms with Crippen LogP contribution in [0.4, 0.5) is 14.5 Å². The number of hydrogen-bond donors (Lipinski definition) is 2. The van der Waals surface area contributed by atoms with E-state index in [1.165, 1.54) is 30.3 Å². The minimum atomic E-state index is -0.865. The van der Waals surface area contributed by atoms with Crippen LogP contribution in [0.1, 0.15) is 26.3 Å². The molecule has 0 radical (unpaired) electrons. The number of rotatable bonds is 5. The number of para-hydroxylation sites is 1. The van der Waals surface area contributed by atoms with Crippen LogP contribution in [-0.4, -0.2) is 16.8 Å². The van der Waals surface area contributed by atoms with Crippen LogP contribution < -0.4 is 10.6 Å². The van der Waals surface area contributed by atoms with Crippen LogP contribution in [0.2, 0.25) is 0 Å². The van der Waals surface area contributed by atoms with Gasteiger partial charge in [0.05, 0.1) is 0 Å². The van der Waals surface area contributed by atoms with Gasteiger partial charge < -0.3 is 10.6 Å². The highest BCUT2D eigenvalue weighted by molar-refractivity contribution is 6.05. The number of benzene rings is 2. The molecule has 0 spiro atoms. The molecule has 0 atom stereocenters. The standard InChI is InChI=1S/C20H15F2N3O2/c21-16-2-1-3-17(22)18(16)25-20(27)15-6-4-14(5-7-15)19(26)24-12-13-8-10-23-11-9-13/h1-11H,12H2,(H,24,26)(H,25,27). The topological polar surface area (TPSA) is 71.1 Å². The Morgan fingerprint density at radius 3 is 1.96 bits per heavy atom. The highest BCUT2D eigenvalue weighted by atomic mass is 19.1. The number of anilines is 1. The Hall–Kier alpha value is -3.61. The SMILES string of the molecule is O=C(NCc1ccncc1)c1ccc(C(=O)Nc2c(F)cccc2F)cc1. The minimum absolute atomic E-state index is 0.170. The van der Waals surface area contributed by atoms with Crippen molar-refractivity contribution in [1.29, 1.82) is 0 Å². The summed E-state index contributed by atoms with van der Waals surface area (Å²) in [6.07, 6.45) is 3.26. The Morgan fingerprint density at radius 2 is 1.37 bits per heavy atom. The Morgan fingerprint density at radius 1 is 0.815 bits per heavy atom. The first-order valence-electron chi connectivity index (χ1n) is 8.07. The van der Waals surface area contributed by atoms with E-state index in [0.29, 0.717) is 12.1 Å². The van der Waals surface area contributed by atoms with Crippen LogP contribution in [0.15, 0.2) is 67.0 Å². The largest absolute Gasteiger partial charge is 0.348 e. The van der Waals surface area contributed by atoms with Gasteiger partial charge in [-0.1, -0.05) is 6.07 Å². The zero-order chi connectivity index (χ0) is 19.2. The third-order valence-corrected chi connectivity index (χ3v) is 3.81. The molecule has 0 aliphatic rings. The molecular weight excluding hydrogens is 352 g/mol. The quantitative estimate of drug-likeness (QED) is 0.725. The number of nitrogens with one attached hydrogen (secondary N) is 2. The van der Waals surface area contributed by atoms with Gasteiger partial charge >= 0.3 is 0 Å². The summed E-state index contributed by atoms with van der Waals surface area (Å²) in [6.45, 7) is 0.343. The van der Waals surface area contributed by atoms with Crippen LogP contribution in [0.5, 0.6) is 0 Å². The van der Waals surface area contributed by atoms with E-state index >= 15 is 0 Å². The van der Waals surface area contributed by atoms with Crippen molar-refractivity contribution >= 4 is 17.5 Å². The van der Waals surface area contributed by atoms with E-state index in [1.807, 2.05) is 0 Å².